The molecular weight excluding hydrogens is 246 g/mol. The first-order chi connectivity index (χ1) is 9.79. The number of fused-ring (bicyclic) bond motifs is 1. The van der Waals surface area contributed by atoms with Crippen molar-refractivity contribution in [2.24, 2.45) is 11.3 Å². The van der Waals surface area contributed by atoms with E-state index in [4.69, 9.17) is 5.84 Å². The zero-order valence-corrected chi connectivity index (χ0v) is 12.1. The van der Waals surface area contributed by atoms with Gasteiger partial charge < -0.3 is 0 Å². The van der Waals surface area contributed by atoms with Gasteiger partial charge in [-0.1, -0.05) is 38.0 Å². The molecule has 1 aliphatic rings. The number of aromatic nitrogens is 1. The van der Waals surface area contributed by atoms with E-state index in [0.717, 1.165) is 5.52 Å². The Morgan fingerprint density at radius 3 is 2.80 bits per heavy atom. The number of hydrogen-bond acceptors (Lipinski definition) is 3. The van der Waals surface area contributed by atoms with Gasteiger partial charge in [-0.15, -0.1) is 0 Å². The number of nitrogens with two attached hydrogens (primary N) is 1. The molecule has 0 aliphatic heterocycles. The van der Waals surface area contributed by atoms with Crippen molar-refractivity contribution in [3.8, 4) is 0 Å². The fourth-order valence-electron chi connectivity index (χ4n) is 3.82. The second-order valence-electron chi connectivity index (χ2n) is 5.98. The molecule has 0 radical (unpaired) electrons. The summed E-state index contributed by atoms with van der Waals surface area (Å²) >= 11 is 0. The van der Waals surface area contributed by atoms with Crippen LogP contribution in [0.4, 0.5) is 0 Å². The number of pyridine rings is 1. The zero-order chi connectivity index (χ0) is 14.0. The summed E-state index contributed by atoms with van der Waals surface area (Å²) in [7, 11) is 0. The number of nitrogens with zero attached hydrogens (tertiary/aromatic N) is 1. The molecule has 0 amide bonds. The minimum Gasteiger partial charge on any atom is -0.271 e. The standard InChI is InChI=1S/C17H23N3/c1-2-17(9-3-4-10-17)16(20-18)14-8-7-13-6-5-11-19-15(13)12-14/h5-8,11-12,16,20H,2-4,9-10,18H2,1H3. The van der Waals surface area contributed by atoms with Crippen molar-refractivity contribution in [3.63, 3.8) is 0 Å². The molecule has 0 bridgehead atoms. The lowest BCUT2D eigenvalue weighted by atomic mass is 9.73. The number of hydrazine groups is 1. The van der Waals surface area contributed by atoms with Crippen LogP contribution in [0.3, 0.4) is 0 Å². The van der Waals surface area contributed by atoms with Crippen molar-refractivity contribution in [1.29, 1.82) is 0 Å². The van der Waals surface area contributed by atoms with Gasteiger partial charge in [0.05, 0.1) is 11.6 Å². The van der Waals surface area contributed by atoms with E-state index < -0.39 is 0 Å². The Bertz CT molecular complexity index is 588. The minimum absolute atomic E-state index is 0.224. The number of benzene rings is 1. The molecule has 3 nitrogen and oxygen atoms in total. The highest BCUT2D eigenvalue weighted by atomic mass is 15.2. The number of rotatable bonds is 4. The Morgan fingerprint density at radius 1 is 1.30 bits per heavy atom. The summed E-state index contributed by atoms with van der Waals surface area (Å²) in [5, 5.41) is 1.18. The highest BCUT2D eigenvalue weighted by Gasteiger charge is 2.40. The van der Waals surface area contributed by atoms with E-state index in [9.17, 15) is 0 Å². The second-order valence-corrected chi connectivity index (χ2v) is 5.98. The van der Waals surface area contributed by atoms with Crippen LogP contribution in [0.2, 0.25) is 0 Å². The second kappa shape index (κ2) is 5.51. The van der Waals surface area contributed by atoms with Crippen LogP contribution in [-0.4, -0.2) is 4.98 Å². The van der Waals surface area contributed by atoms with Crippen LogP contribution in [0.25, 0.3) is 10.9 Å². The Hall–Kier alpha value is -1.45. The molecule has 1 heterocycles. The molecule has 106 valence electrons. The highest BCUT2D eigenvalue weighted by Crippen LogP contribution is 2.49. The Kier molecular flexibility index (Phi) is 3.72. The largest absolute Gasteiger partial charge is 0.271 e. The van der Waals surface area contributed by atoms with Crippen LogP contribution < -0.4 is 11.3 Å². The van der Waals surface area contributed by atoms with Crippen molar-refractivity contribution in [1.82, 2.24) is 10.4 Å². The Balaban J connectivity index is 2.02. The maximum absolute atomic E-state index is 5.92. The van der Waals surface area contributed by atoms with E-state index in [1.807, 2.05) is 12.3 Å². The lowest BCUT2D eigenvalue weighted by Crippen LogP contribution is -2.40. The summed E-state index contributed by atoms with van der Waals surface area (Å²) < 4.78 is 0. The average Bonchev–Trinajstić information content (AvgIpc) is 2.98. The average molecular weight is 269 g/mol. The van der Waals surface area contributed by atoms with Gasteiger partial charge in [0.1, 0.15) is 0 Å². The summed E-state index contributed by atoms with van der Waals surface area (Å²) in [6.07, 6.45) is 8.18. The summed E-state index contributed by atoms with van der Waals surface area (Å²) in [4.78, 5) is 4.47. The highest BCUT2D eigenvalue weighted by molar-refractivity contribution is 5.79. The minimum atomic E-state index is 0.224. The smallest absolute Gasteiger partial charge is 0.0705 e. The van der Waals surface area contributed by atoms with E-state index in [-0.39, 0.29) is 6.04 Å². The first-order valence-electron chi connectivity index (χ1n) is 7.60. The van der Waals surface area contributed by atoms with Gasteiger partial charge in [-0.2, -0.15) is 0 Å². The third-order valence-corrected chi connectivity index (χ3v) is 5.05. The summed E-state index contributed by atoms with van der Waals surface area (Å²) in [5.41, 5.74) is 5.71. The molecule has 0 saturated heterocycles. The molecular formula is C17H23N3. The van der Waals surface area contributed by atoms with Gasteiger partial charge in [-0.25, -0.2) is 0 Å². The van der Waals surface area contributed by atoms with Crippen molar-refractivity contribution < 1.29 is 0 Å². The van der Waals surface area contributed by atoms with Crippen LogP contribution in [0.1, 0.15) is 50.6 Å². The van der Waals surface area contributed by atoms with E-state index in [1.165, 1.54) is 43.1 Å². The lowest BCUT2D eigenvalue weighted by Gasteiger charge is -2.37. The molecule has 0 spiro atoms. The first-order valence-corrected chi connectivity index (χ1v) is 7.60. The molecule has 3 N–H and O–H groups in total. The van der Waals surface area contributed by atoms with Crippen LogP contribution >= 0.6 is 0 Å². The quantitative estimate of drug-likeness (QED) is 0.657. The van der Waals surface area contributed by atoms with Gasteiger partial charge in [0.25, 0.3) is 0 Å². The van der Waals surface area contributed by atoms with E-state index in [1.54, 1.807) is 0 Å². The first kappa shape index (κ1) is 13.5. The normalized spacial score (nSPS) is 19.3. The van der Waals surface area contributed by atoms with Crippen molar-refractivity contribution in [3.05, 3.63) is 42.1 Å². The summed E-state index contributed by atoms with van der Waals surface area (Å²) in [5.74, 6) is 5.92. The third-order valence-electron chi connectivity index (χ3n) is 5.05. The van der Waals surface area contributed by atoms with Crippen LogP contribution in [-0.2, 0) is 0 Å². The molecule has 1 aromatic heterocycles. The van der Waals surface area contributed by atoms with Gasteiger partial charge in [0.15, 0.2) is 0 Å². The predicted octanol–water partition coefficient (Wildman–Crippen LogP) is 3.71. The van der Waals surface area contributed by atoms with Crippen LogP contribution in [0.15, 0.2) is 36.5 Å². The van der Waals surface area contributed by atoms with Gasteiger partial charge in [0.2, 0.25) is 0 Å². The van der Waals surface area contributed by atoms with Crippen molar-refractivity contribution in [2.45, 2.75) is 45.1 Å². The maximum atomic E-state index is 5.92. The Morgan fingerprint density at radius 2 is 2.10 bits per heavy atom. The van der Waals surface area contributed by atoms with E-state index in [0.29, 0.717) is 5.41 Å². The van der Waals surface area contributed by atoms with Crippen LogP contribution in [0.5, 0.6) is 0 Å². The molecule has 1 saturated carbocycles. The predicted molar refractivity (Wildman–Crippen MR) is 83.0 cm³/mol. The van der Waals surface area contributed by atoms with Crippen molar-refractivity contribution >= 4 is 10.9 Å². The topological polar surface area (TPSA) is 50.9 Å². The van der Waals surface area contributed by atoms with E-state index >= 15 is 0 Å². The SMILES string of the molecule is CCC1(C(NN)c2ccc3cccnc3c2)CCCC1. The monoisotopic (exact) mass is 269 g/mol. The van der Waals surface area contributed by atoms with E-state index in [2.05, 4.69) is 41.6 Å². The molecule has 2 aromatic rings. The fourth-order valence-corrected chi connectivity index (χ4v) is 3.82. The van der Waals surface area contributed by atoms with Crippen molar-refractivity contribution in [2.75, 3.05) is 0 Å². The Labute approximate surface area is 120 Å². The van der Waals surface area contributed by atoms with Crippen LogP contribution in [0, 0.1) is 5.41 Å². The summed E-state index contributed by atoms with van der Waals surface area (Å²) in [6.45, 7) is 2.29. The number of hydrogen-bond donors (Lipinski definition) is 2. The van der Waals surface area contributed by atoms with Gasteiger partial charge >= 0.3 is 0 Å². The summed E-state index contributed by atoms with van der Waals surface area (Å²) in [6, 6.07) is 10.8. The molecule has 1 aliphatic carbocycles. The molecule has 20 heavy (non-hydrogen) atoms. The number of nitrogens with one attached hydrogen (secondary N) is 1. The molecule has 1 atom stereocenters. The van der Waals surface area contributed by atoms with Gasteiger partial charge in [0, 0.05) is 11.6 Å². The van der Waals surface area contributed by atoms with Gasteiger partial charge in [-0.05, 0) is 42.4 Å². The fraction of sp³-hybridized carbons (Fsp3) is 0.471. The molecule has 3 rings (SSSR count). The molecule has 1 fully saturated rings. The lowest BCUT2D eigenvalue weighted by molar-refractivity contribution is 0.188. The maximum Gasteiger partial charge on any atom is 0.0705 e. The molecule has 3 heteroatoms. The zero-order valence-electron chi connectivity index (χ0n) is 12.1. The van der Waals surface area contributed by atoms with Gasteiger partial charge in [-0.3, -0.25) is 16.3 Å². The molecule has 1 unspecified atom stereocenters. The molecule has 1 aromatic carbocycles. The third kappa shape index (κ3) is 2.21.